The van der Waals surface area contributed by atoms with Crippen LogP contribution in [-0.2, 0) is 21.8 Å². The highest BCUT2D eigenvalue weighted by atomic mass is 32.2. The second-order valence-corrected chi connectivity index (χ2v) is 5.45. The largest absolute Gasteiger partial charge is 0.416 e. The first-order valence-corrected chi connectivity index (χ1v) is 7.71. The number of hydrogen-bond donors (Lipinski definition) is 1. The van der Waals surface area contributed by atoms with E-state index in [1.54, 1.807) is 30.3 Å². The topological polar surface area (TPSA) is 61.6 Å². The van der Waals surface area contributed by atoms with Crippen LogP contribution in [-0.4, -0.2) is 5.91 Å². The van der Waals surface area contributed by atoms with E-state index in [-0.39, 0.29) is 6.61 Å². The molecule has 25 heavy (non-hydrogen) atoms. The zero-order valence-corrected chi connectivity index (χ0v) is 13.6. The summed E-state index contributed by atoms with van der Waals surface area (Å²) in [5, 5.41) is 0. The molecule has 0 radical (unpaired) electrons. The highest BCUT2D eigenvalue weighted by molar-refractivity contribution is 7.90. The Morgan fingerprint density at radius 3 is 2.28 bits per heavy atom. The van der Waals surface area contributed by atoms with Gasteiger partial charge in [-0.25, -0.2) is 0 Å². The van der Waals surface area contributed by atoms with Crippen LogP contribution in [0.25, 0.3) is 6.08 Å². The summed E-state index contributed by atoms with van der Waals surface area (Å²) < 4.78 is 47.8. The summed E-state index contributed by atoms with van der Waals surface area (Å²) in [4.78, 5) is 10.6. The molecule has 0 fully saturated rings. The molecule has 8 heteroatoms. The van der Waals surface area contributed by atoms with E-state index in [9.17, 15) is 18.0 Å². The minimum absolute atomic E-state index is 0.0994. The number of hydrogen-bond acceptors (Lipinski definition) is 4. The first-order valence-electron chi connectivity index (χ1n) is 7.04. The molecule has 2 rings (SSSR count). The summed E-state index contributed by atoms with van der Waals surface area (Å²) in [6, 6.07) is 11.5. The van der Waals surface area contributed by atoms with E-state index in [2.05, 4.69) is 0 Å². The maximum atomic E-state index is 12.4. The molecular formula is C17H14F3NO3S. The fraction of sp³-hybridized carbons (Fsp3) is 0.118. The molecule has 2 N–H and O–H groups in total. The fourth-order valence-electron chi connectivity index (χ4n) is 1.76. The van der Waals surface area contributed by atoms with Crippen LogP contribution in [0.4, 0.5) is 13.2 Å². The van der Waals surface area contributed by atoms with Crippen LogP contribution in [0.1, 0.15) is 16.7 Å². The van der Waals surface area contributed by atoms with E-state index in [0.717, 1.165) is 30.0 Å². The van der Waals surface area contributed by atoms with Crippen molar-refractivity contribution in [3.05, 3.63) is 71.3 Å². The van der Waals surface area contributed by atoms with E-state index in [0.29, 0.717) is 11.3 Å². The van der Waals surface area contributed by atoms with E-state index in [4.69, 9.17) is 14.1 Å². The van der Waals surface area contributed by atoms with Crippen molar-refractivity contribution < 1.29 is 26.3 Å². The first kappa shape index (κ1) is 18.9. The predicted octanol–water partition coefficient (Wildman–Crippen LogP) is 4.36. The molecule has 132 valence electrons. The van der Waals surface area contributed by atoms with E-state index in [1.807, 2.05) is 0 Å². The van der Waals surface area contributed by atoms with Crippen molar-refractivity contribution in [2.45, 2.75) is 12.8 Å². The van der Waals surface area contributed by atoms with Gasteiger partial charge in [0.2, 0.25) is 18.2 Å². The second kappa shape index (κ2) is 8.59. The molecule has 4 nitrogen and oxygen atoms in total. The highest BCUT2D eigenvalue weighted by Gasteiger charge is 2.29. The van der Waals surface area contributed by atoms with Crippen molar-refractivity contribution >= 4 is 24.3 Å². The van der Waals surface area contributed by atoms with Crippen LogP contribution in [0.2, 0.25) is 0 Å². The van der Waals surface area contributed by atoms with E-state index < -0.39 is 17.6 Å². The van der Waals surface area contributed by atoms with Crippen molar-refractivity contribution in [2.24, 2.45) is 5.73 Å². The van der Waals surface area contributed by atoms with Crippen molar-refractivity contribution in [2.75, 3.05) is 0 Å². The number of benzene rings is 2. The predicted molar refractivity (Wildman–Crippen MR) is 89.1 cm³/mol. The maximum Gasteiger partial charge on any atom is 0.416 e. The molecule has 0 spiro atoms. The van der Waals surface area contributed by atoms with Gasteiger partial charge in [0.25, 0.3) is 0 Å². The average molecular weight is 369 g/mol. The fourth-order valence-corrected chi connectivity index (χ4v) is 2.18. The van der Waals surface area contributed by atoms with E-state index in [1.165, 1.54) is 18.2 Å². The Hall–Kier alpha value is -2.45. The molecule has 0 aliphatic carbocycles. The van der Waals surface area contributed by atoms with Crippen LogP contribution in [0.5, 0.6) is 5.75 Å². The van der Waals surface area contributed by atoms with Gasteiger partial charge in [-0.15, -0.1) is 0 Å². The van der Waals surface area contributed by atoms with Crippen LogP contribution in [0.3, 0.4) is 0 Å². The van der Waals surface area contributed by atoms with Crippen LogP contribution >= 0.6 is 12.3 Å². The third-order valence-corrected chi connectivity index (χ3v) is 3.48. The summed E-state index contributed by atoms with van der Waals surface area (Å²) in [6.45, 7) is 0.0994. The molecule has 0 heterocycles. The van der Waals surface area contributed by atoms with Crippen molar-refractivity contribution in [3.63, 3.8) is 0 Å². The van der Waals surface area contributed by atoms with Gasteiger partial charge in [-0.05, 0) is 41.5 Å². The number of carbonyl (C=O) groups excluding carboxylic acids is 1. The van der Waals surface area contributed by atoms with Crippen LogP contribution < -0.4 is 9.92 Å². The Kier molecular flexibility index (Phi) is 6.49. The lowest BCUT2D eigenvalue weighted by atomic mass is 10.1. The highest BCUT2D eigenvalue weighted by Crippen LogP contribution is 2.29. The van der Waals surface area contributed by atoms with Gasteiger partial charge in [-0.1, -0.05) is 24.3 Å². The van der Waals surface area contributed by atoms with Gasteiger partial charge in [-0.3, -0.25) is 8.98 Å². The molecular weight excluding hydrogens is 355 g/mol. The van der Waals surface area contributed by atoms with Gasteiger partial charge in [0.15, 0.2) is 0 Å². The standard InChI is InChI=1S/C17H14F3NO3S/c18-17(19,20)14-6-1-13(2-7-14)11-23-25-24-15-8-3-12(4-9-15)5-10-16(21)22/h1-10H,11H2,(H2,21,22)/b10-5+. The third-order valence-electron chi connectivity index (χ3n) is 3.01. The smallest absolute Gasteiger partial charge is 0.400 e. The van der Waals surface area contributed by atoms with Gasteiger partial charge < -0.3 is 9.92 Å². The Labute approximate surface area is 146 Å². The number of alkyl halides is 3. The lowest BCUT2D eigenvalue weighted by molar-refractivity contribution is -0.137. The molecule has 0 unspecified atom stereocenters. The van der Waals surface area contributed by atoms with Crippen molar-refractivity contribution in [1.82, 2.24) is 0 Å². The summed E-state index contributed by atoms with van der Waals surface area (Å²) in [7, 11) is 0. The quantitative estimate of drug-likeness (QED) is 0.447. The summed E-state index contributed by atoms with van der Waals surface area (Å²) in [5.74, 6) is -0.0128. The van der Waals surface area contributed by atoms with Gasteiger partial charge in [-0.2, -0.15) is 13.2 Å². The first-order chi connectivity index (χ1) is 11.8. The third kappa shape index (κ3) is 6.52. The lowest BCUT2D eigenvalue weighted by Crippen LogP contribution is -2.05. The van der Waals surface area contributed by atoms with Crippen LogP contribution in [0, 0.1) is 0 Å². The minimum Gasteiger partial charge on any atom is -0.400 e. The molecule has 0 saturated heterocycles. The van der Waals surface area contributed by atoms with E-state index >= 15 is 0 Å². The van der Waals surface area contributed by atoms with Crippen LogP contribution in [0.15, 0.2) is 54.6 Å². The maximum absolute atomic E-state index is 12.4. The number of carbonyl (C=O) groups is 1. The average Bonchev–Trinajstić information content (AvgIpc) is 2.57. The molecule has 0 bridgehead atoms. The molecule has 0 aromatic heterocycles. The Balaban J connectivity index is 1.76. The molecule has 0 atom stereocenters. The number of halogens is 3. The number of primary amides is 1. The molecule has 2 aromatic rings. The van der Waals surface area contributed by atoms with Gasteiger partial charge in [0.1, 0.15) is 5.75 Å². The minimum atomic E-state index is -4.35. The van der Waals surface area contributed by atoms with Gasteiger partial charge >= 0.3 is 6.18 Å². The molecule has 1 amide bonds. The van der Waals surface area contributed by atoms with Crippen molar-refractivity contribution in [1.29, 1.82) is 0 Å². The molecule has 2 aromatic carbocycles. The Morgan fingerprint density at radius 1 is 1.08 bits per heavy atom. The Bertz CT molecular complexity index is 728. The van der Waals surface area contributed by atoms with Gasteiger partial charge in [0.05, 0.1) is 12.2 Å². The lowest BCUT2D eigenvalue weighted by Gasteiger charge is -2.08. The van der Waals surface area contributed by atoms with Crippen molar-refractivity contribution in [3.8, 4) is 5.75 Å². The Morgan fingerprint density at radius 2 is 1.72 bits per heavy atom. The van der Waals surface area contributed by atoms with Gasteiger partial charge in [0, 0.05) is 6.08 Å². The zero-order chi connectivity index (χ0) is 18.3. The normalized spacial score (nSPS) is 11.6. The second-order valence-electron chi connectivity index (χ2n) is 4.91. The summed E-state index contributed by atoms with van der Waals surface area (Å²) >= 11 is 0.721. The monoisotopic (exact) mass is 369 g/mol. The summed E-state index contributed by atoms with van der Waals surface area (Å²) in [6.07, 6.45) is -1.53. The number of amides is 1. The molecule has 0 saturated carbocycles. The number of rotatable bonds is 7. The zero-order valence-electron chi connectivity index (χ0n) is 12.8. The molecule has 0 aliphatic heterocycles. The summed E-state index contributed by atoms with van der Waals surface area (Å²) in [5.41, 5.74) is 5.67. The molecule has 0 aliphatic rings. The SMILES string of the molecule is NC(=O)/C=C/c1ccc(OSOCc2ccc(C(F)(F)F)cc2)cc1. The number of nitrogens with two attached hydrogens (primary N) is 1.